The van der Waals surface area contributed by atoms with Crippen molar-refractivity contribution in [1.82, 2.24) is 0 Å². The first-order valence-corrected chi connectivity index (χ1v) is 7.34. The molecular weight excluding hydrogens is 311 g/mol. The van der Waals surface area contributed by atoms with Crippen molar-refractivity contribution in [1.29, 1.82) is 0 Å². The van der Waals surface area contributed by atoms with Crippen LogP contribution in [-0.4, -0.2) is 24.8 Å². The molecule has 0 radical (unpaired) electrons. The second-order valence-electron chi connectivity index (χ2n) is 3.42. The second-order valence-corrected chi connectivity index (χ2v) is 5.41. The molecular formula is C12H12F3NO2S2. The van der Waals surface area contributed by atoms with E-state index in [1.54, 1.807) is 12.3 Å². The highest BCUT2D eigenvalue weighted by Crippen LogP contribution is 2.37. The van der Waals surface area contributed by atoms with E-state index in [0.717, 1.165) is 0 Å². The number of hydrogen-bond donors (Lipinski definition) is 1. The molecule has 0 spiro atoms. The van der Waals surface area contributed by atoms with Crippen LogP contribution in [-0.2, 0) is 9.53 Å². The number of carbonyl (C=O) groups excluding carboxylic acids is 1. The minimum absolute atomic E-state index is 0.0691. The molecule has 0 aliphatic carbocycles. The van der Waals surface area contributed by atoms with Crippen molar-refractivity contribution in [2.75, 3.05) is 18.7 Å². The molecule has 1 aromatic rings. The molecule has 0 heterocycles. The number of ether oxygens (including phenoxy) is 1. The van der Waals surface area contributed by atoms with E-state index in [0.29, 0.717) is 10.6 Å². The van der Waals surface area contributed by atoms with Gasteiger partial charge in [0.2, 0.25) is 0 Å². The second kappa shape index (κ2) is 7.49. The average Bonchev–Trinajstić information content (AvgIpc) is 2.37. The third-order valence-electron chi connectivity index (χ3n) is 2.04. The smallest absolute Gasteiger partial charge is 0.446 e. The highest BCUT2D eigenvalue weighted by molar-refractivity contribution is 8.03. The summed E-state index contributed by atoms with van der Waals surface area (Å²) in [5.74, 6) is -0.508. The zero-order valence-corrected chi connectivity index (χ0v) is 12.3. The van der Waals surface area contributed by atoms with Gasteiger partial charge in [-0.05, 0) is 36.2 Å². The van der Waals surface area contributed by atoms with Crippen molar-refractivity contribution in [2.45, 2.75) is 10.4 Å². The van der Waals surface area contributed by atoms with Crippen molar-refractivity contribution in [3.05, 3.63) is 35.4 Å². The highest BCUT2D eigenvalue weighted by Gasteiger charge is 2.29. The largest absolute Gasteiger partial charge is 0.465 e. The van der Waals surface area contributed by atoms with E-state index in [1.807, 2.05) is 0 Å². The van der Waals surface area contributed by atoms with Crippen molar-refractivity contribution < 1.29 is 22.7 Å². The molecule has 3 nitrogen and oxygen atoms in total. The Hall–Kier alpha value is -1.28. The van der Waals surface area contributed by atoms with Crippen molar-refractivity contribution >= 4 is 35.2 Å². The lowest BCUT2D eigenvalue weighted by Gasteiger charge is -2.08. The predicted molar refractivity (Wildman–Crippen MR) is 75.6 cm³/mol. The van der Waals surface area contributed by atoms with Crippen LogP contribution in [0.3, 0.4) is 0 Å². The normalized spacial score (nSPS) is 12.2. The maximum atomic E-state index is 12.3. The molecule has 20 heavy (non-hydrogen) atoms. The van der Waals surface area contributed by atoms with Gasteiger partial charge in [0, 0.05) is 16.8 Å². The van der Waals surface area contributed by atoms with E-state index < -0.39 is 11.5 Å². The molecule has 1 N–H and O–H groups in total. The molecule has 1 aromatic carbocycles. The van der Waals surface area contributed by atoms with Crippen LogP contribution in [0.5, 0.6) is 0 Å². The van der Waals surface area contributed by atoms with Gasteiger partial charge in [-0.3, -0.25) is 0 Å². The SMILES string of the molecule is COC(=O)/C(=C\Nc1cccc(SC(F)(F)F)c1)SC. The van der Waals surface area contributed by atoms with Gasteiger partial charge in [0.05, 0.1) is 7.11 Å². The summed E-state index contributed by atoms with van der Waals surface area (Å²) in [5.41, 5.74) is -3.88. The number of halogens is 3. The summed E-state index contributed by atoms with van der Waals surface area (Å²) in [6.45, 7) is 0. The zero-order valence-electron chi connectivity index (χ0n) is 10.7. The van der Waals surface area contributed by atoms with Crippen LogP contribution >= 0.6 is 23.5 Å². The molecule has 1 rings (SSSR count). The van der Waals surface area contributed by atoms with Gasteiger partial charge in [-0.15, -0.1) is 11.8 Å². The van der Waals surface area contributed by atoms with E-state index in [-0.39, 0.29) is 16.7 Å². The fourth-order valence-electron chi connectivity index (χ4n) is 1.23. The average molecular weight is 323 g/mol. The van der Waals surface area contributed by atoms with Gasteiger partial charge in [0.15, 0.2) is 0 Å². The topological polar surface area (TPSA) is 38.3 Å². The van der Waals surface area contributed by atoms with E-state index >= 15 is 0 Å². The highest BCUT2D eigenvalue weighted by atomic mass is 32.2. The van der Waals surface area contributed by atoms with Crippen LogP contribution in [0, 0.1) is 0 Å². The van der Waals surface area contributed by atoms with Crippen molar-refractivity contribution in [3.8, 4) is 0 Å². The van der Waals surface area contributed by atoms with Gasteiger partial charge >= 0.3 is 11.5 Å². The first-order chi connectivity index (χ1) is 9.35. The molecule has 0 aromatic heterocycles. The molecule has 110 valence electrons. The summed E-state index contributed by atoms with van der Waals surface area (Å²) in [6.07, 6.45) is 3.09. The fraction of sp³-hybridized carbons (Fsp3) is 0.250. The number of anilines is 1. The van der Waals surface area contributed by atoms with Crippen LogP contribution in [0.1, 0.15) is 0 Å². The number of nitrogens with one attached hydrogen (secondary N) is 1. The number of methoxy groups -OCH3 is 1. The third kappa shape index (κ3) is 5.79. The Morgan fingerprint density at radius 1 is 1.40 bits per heavy atom. The summed E-state index contributed by atoms with van der Waals surface area (Å²) >= 11 is 0.983. The van der Waals surface area contributed by atoms with Gasteiger partial charge in [-0.25, -0.2) is 4.79 Å². The number of hydrogen-bond acceptors (Lipinski definition) is 5. The number of rotatable bonds is 5. The van der Waals surface area contributed by atoms with E-state index in [4.69, 9.17) is 0 Å². The third-order valence-corrected chi connectivity index (χ3v) is 3.49. The maximum absolute atomic E-state index is 12.3. The number of alkyl halides is 3. The summed E-state index contributed by atoms with van der Waals surface area (Å²) in [5, 5.41) is 2.77. The van der Waals surface area contributed by atoms with Gasteiger partial charge < -0.3 is 10.1 Å². The van der Waals surface area contributed by atoms with Gasteiger partial charge in [0.25, 0.3) is 0 Å². The molecule has 0 fully saturated rings. The van der Waals surface area contributed by atoms with Crippen LogP contribution in [0.2, 0.25) is 0 Å². The molecule has 8 heteroatoms. The van der Waals surface area contributed by atoms with Crippen LogP contribution < -0.4 is 5.32 Å². The predicted octanol–water partition coefficient (Wildman–Crippen LogP) is 4.09. The van der Waals surface area contributed by atoms with Gasteiger partial charge in [-0.2, -0.15) is 13.2 Å². The molecule has 0 atom stereocenters. The Morgan fingerprint density at radius 3 is 2.65 bits per heavy atom. The van der Waals surface area contributed by atoms with E-state index in [9.17, 15) is 18.0 Å². The minimum Gasteiger partial charge on any atom is -0.465 e. The molecule has 0 aliphatic heterocycles. The van der Waals surface area contributed by atoms with Gasteiger partial charge in [-0.1, -0.05) is 6.07 Å². The lowest BCUT2D eigenvalue weighted by Crippen LogP contribution is -2.04. The quantitative estimate of drug-likeness (QED) is 0.502. The first kappa shape index (κ1) is 16.8. The number of thioether (sulfide) groups is 2. The van der Waals surface area contributed by atoms with Crippen LogP contribution in [0.25, 0.3) is 0 Å². The fourth-order valence-corrected chi connectivity index (χ4v) is 2.26. The Morgan fingerprint density at radius 2 is 2.10 bits per heavy atom. The lowest BCUT2D eigenvalue weighted by atomic mass is 10.3. The van der Waals surface area contributed by atoms with E-state index in [2.05, 4.69) is 10.1 Å². The molecule has 0 amide bonds. The summed E-state index contributed by atoms with van der Waals surface area (Å²) < 4.78 is 41.3. The van der Waals surface area contributed by atoms with Gasteiger partial charge in [0.1, 0.15) is 4.91 Å². The number of esters is 1. The molecule has 0 saturated heterocycles. The monoisotopic (exact) mass is 323 g/mol. The Bertz CT molecular complexity index is 504. The molecule has 0 bridgehead atoms. The summed E-state index contributed by atoms with van der Waals surface area (Å²) in [4.78, 5) is 11.7. The number of carbonyl (C=O) groups is 1. The van der Waals surface area contributed by atoms with E-state index in [1.165, 1.54) is 43.3 Å². The van der Waals surface area contributed by atoms with Crippen molar-refractivity contribution in [2.24, 2.45) is 0 Å². The van der Waals surface area contributed by atoms with Crippen LogP contribution in [0.15, 0.2) is 40.3 Å². The molecule has 0 aliphatic rings. The molecule has 0 saturated carbocycles. The first-order valence-electron chi connectivity index (χ1n) is 5.30. The Labute approximate surface area is 122 Å². The maximum Gasteiger partial charge on any atom is 0.446 e. The Kier molecular flexibility index (Phi) is 6.28. The minimum atomic E-state index is -4.33. The zero-order chi connectivity index (χ0) is 15.2. The van der Waals surface area contributed by atoms with Crippen LogP contribution in [0.4, 0.5) is 18.9 Å². The number of benzene rings is 1. The summed E-state index contributed by atoms with van der Waals surface area (Å²) in [6, 6.07) is 5.82. The van der Waals surface area contributed by atoms with Crippen molar-refractivity contribution in [3.63, 3.8) is 0 Å². The standard InChI is InChI=1S/C12H12F3NO2S2/c1-18-11(17)10(19-2)7-16-8-4-3-5-9(6-8)20-12(13,14)15/h3-7,16H,1-2H3/b10-7+. The Balaban J connectivity index is 2.80. The lowest BCUT2D eigenvalue weighted by molar-refractivity contribution is -0.135. The summed E-state index contributed by atoms with van der Waals surface area (Å²) in [7, 11) is 1.26. The molecule has 0 unspecified atom stereocenters.